The van der Waals surface area contributed by atoms with E-state index in [-0.39, 0.29) is 5.75 Å². The molecular formula is C14H16O2. The van der Waals surface area contributed by atoms with E-state index in [9.17, 15) is 10.2 Å². The van der Waals surface area contributed by atoms with E-state index in [4.69, 9.17) is 0 Å². The second kappa shape index (κ2) is 4.44. The summed E-state index contributed by atoms with van der Waals surface area (Å²) >= 11 is 0. The molecule has 0 amide bonds. The maximum Gasteiger partial charge on any atom is 0.119 e. The Bertz CT molecular complexity index is 503. The number of unbranched alkanes of at least 4 members (excludes halogenated alkanes) is 1. The Kier molecular flexibility index (Phi) is 3.00. The van der Waals surface area contributed by atoms with E-state index in [2.05, 4.69) is 6.92 Å². The van der Waals surface area contributed by atoms with Gasteiger partial charge in [-0.05, 0) is 53.4 Å². The normalized spacial score (nSPS) is 10.8. The number of phenols is 2. The fraction of sp³-hybridized carbons (Fsp3) is 0.286. The van der Waals surface area contributed by atoms with Crippen LogP contribution in [0.1, 0.15) is 25.3 Å². The summed E-state index contributed by atoms with van der Waals surface area (Å²) in [6, 6.07) is 8.89. The van der Waals surface area contributed by atoms with Crippen molar-refractivity contribution in [3.8, 4) is 11.5 Å². The first-order valence-electron chi connectivity index (χ1n) is 5.65. The van der Waals surface area contributed by atoms with Crippen molar-refractivity contribution in [2.75, 3.05) is 0 Å². The molecule has 0 heterocycles. The van der Waals surface area contributed by atoms with Crippen LogP contribution in [0.5, 0.6) is 11.5 Å². The van der Waals surface area contributed by atoms with Crippen LogP contribution in [0.4, 0.5) is 0 Å². The molecule has 2 rings (SSSR count). The van der Waals surface area contributed by atoms with E-state index in [1.165, 1.54) is 0 Å². The molecule has 0 atom stereocenters. The number of aryl methyl sites for hydroxylation is 1. The Balaban J connectivity index is 2.46. The average Bonchev–Trinajstić information content (AvgIpc) is 2.27. The molecule has 0 unspecified atom stereocenters. The second-order valence-corrected chi connectivity index (χ2v) is 4.12. The lowest BCUT2D eigenvalue weighted by Gasteiger charge is -2.06. The molecule has 0 aromatic heterocycles. The molecule has 16 heavy (non-hydrogen) atoms. The first-order valence-corrected chi connectivity index (χ1v) is 5.65. The van der Waals surface area contributed by atoms with Crippen LogP contribution in [0.3, 0.4) is 0 Å². The van der Waals surface area contributed by atoms with Gasteiger partial charge in [-0.25, -0.2) is 0 Å². The number of hydrogen-bond donors (Lipinski definition) is 2. The van der Waals surface area contributed by atoms with Crippen LogP contribution in [-0.4, -0.2) is 10.2 Å². The van der Waals surface area contributed by atoms with Gasteiger partial charge in [0.1, 0.15) is 11.5 Å². The molecule has 84 valence electrons. The predicted octanol–water partition coefficient (Wildman–Crippen LogP) is 3.59. The van der Waals surface area contributed by atoms with Gasteiger partial charge in [-0.2, -0.15) is 0 Å². The Morgan fingerprint density at radius 3 is 2.56 bits per heavy atom. The number of hydrogen-bond acceptors (Lipinski definition) is 2. The third kappa shape index (κ3) is 2.11. The zero-order chi connectivity index (χ0) is 11.5. The number of rotatable bonds is 3. The van der Waals surface area contributed by atoms with Crippen molar-refractivity contribution in [1.82, 2.24) is 0 Å². The van der Waals surface area contributed by atoms with E-state index < -0.39 is 0 Å². The molecule has 0 saturated carbocycles. The lowest BCUT2D eigenvalue weighted by atomic mass is 10.0. The van der Waals surface area contributed by atoms with Crippen LogP contribution in [0.15, 0.2) is 30.3 Å². The number of aromatic hydroxyl groups is 2. The fourth-order valence-corrected chi connectivity index (χ4v) is 1.89. The third-order valence-corrected chi connectivity index (χ3v) is 2.82. The van der Waals surface area contributed by atoms with Gasteiger partial charge in [0, 0.05) is 0 Å². The zero-order valence-corrected chi connectivity index (χ0v) is 9.40. The lowest BCUT2D eigenvalue weighted by molar-refractivity contribution is 0.467. The van der Waals surface area contributed by atoms with Crippen molar-refractivity contribution >= 4 is 10.8 Å². The summed E-state index contributed by atoms with van der Waals surface area (Å²) < 4.78 is 0. The van der Waals surface area contributed by atoms with Crippen molar-refractivity contribution in [2.24, 2.45) is 0 Å². The smallest absolute Gasteiger partial charge is 0.119 e. The van der Waals surface area contributed by atoms with Crippen molar-refractivity contribution in [3.63, 3.8) is 0 Å². The van der Waals surface area contributed by atoms with Gasteiger partial charge in [-0.15, -0.1) is 0 Å². The summed E-state index contributed by atoms with van der Waals surface area (Å²) in [7, 11) is 0. The molecule has 0 spiro atoms. The lowest BCUT2D eigenvalue weighted by Crippen LogP contribution is -1.86. The van der Waals surface area contributed by atoms with Crippen molar-refractivity contribution in [3.05, 3.63) is 35.9 Å². The molecule has 2 N–H and O–H groups in total. The molecule has 0 saturated heterocycles. The van der Waals surface area contributed by atoms with Crippen LogP contribution in [-0.2, 0) is 6.42 Å². The van der Waals surface area contributed by atoms with Gasteiger partial charge in [-0.3, -0.25) is 0 Å². The molecule has 2 aromatic rings. The van der Waals surface area contributed by atoms with Crippen LogP contribution in [0.25, 0.3) is 10.8 Å². The molecule has 0 fully saturated rings. The largest absolute Gasteiger partial charge is 0.508 e. The van der Waals surface area contributed by atoms with Crippen LogP contribution >= 0.6 is 0 Å². The van der Waals surface area contributed by atoms with E-state index in [1.807, 2.05) is 12.1 Å². The molecule has 0 aliphatic heterocycles. The minimum atomic E-state index is 0.264. The predicted molar refractivity (Wildman–Crippen MR) is 65.9 cm³/mol. The number of benzene rings is 2. The van der Waals surface area contributed by atoms with Crippen molar-refractivity contribution in [1.29, 1.82) is 0 Å². The molecule has 0 radical (unpaired) electrons. The molecular weight excluding hydrogens is 200 g/mol. The van der Waals surface area contributed by atoms with Crippen LogP contribution in [0, 0.1) is 0 Å². The number of phenolic OH excluding ortho intramolecular Hbond substituents is 2. The Morgan fingerprint density at radius 1 is 1.00 bits per heavy atom. The molecule has 2 aromatic carbocycles. The van der Waals surface area contributed by atoms with Crippen molar-refractivity contribution < 1.29 is 10.2 Å². The Hall–Kier alpha value is -1.70. The van der Waals surface area contributed by atoms with Gasteiger partial charge in [0.15, 0.2) is 0 Å². The summed E-state index contributed by atoms with van der Waals surface area (Å²) in [4.78, 5) is 0. The molecule has 0 bridgehead atoms. The molecule has 2 nitrogen and oxygen atoms in total. The second-order valence-electron chi connectivity index (χ2n) is 4.12. The average molecular weight is 216 g/mol. The first-order chi connectivity index (χ1) is 7.70. The summed E-state index contributed by atoms with van der Waals surface area (Å²) in [5.74, 6) is 0.617. The molecule has 0 aliphatic rings. The van der Waals surface area contributed by atoms with Crippen LogP contribution < -0.4 is 0 Å². The summed E-state index contributed by atoms with van der Waals surface area (Å²) in [5, 5.41) is 21.2. The maximum absolute atomic E-state index is 9.84. The minimum Gasteiger partial charge on any atom is -0.508 e. The van der Waals surface area contributed by atoms with E-state index in [0.717, 1.165) is 35.6 Å². The Morgan fingerprint density at radius 2 is 1.81 bits per heavy atom. The number of fused-ring (bicyclic) bond motifs is 1. The molecule has 2 heteroatoms. The van der Waals surface area contributed by atoms with Crippen molar-refractivity contribution in [2.45, 2.75) is 26.2 Å². The maximum atomic E-state index is 9.84. The van der Waals surface area contributed by atoms with E-state index in [0.29, 0.717) is 5.75 Å². The Labute approximate surface area is 95.2 Å². The highest BCUT2D eigenvalue weighted by Gasteiger charge is 2.04. The minimum absolute atomic E-state index is 0.264. The quantitative estimate of drug-likeness (QED) is 0.823. The summed E-state index contributed by atoms with van der Waals surface area (Å²) in [6.45, 7) is 2.13. The third-order valence-electron chi connectivity index (χ3n) is 2.82. The summed E-state index contributed by atoms with van der Waals surface area (Å²) in [5.41, 5.74) is 0.958. The summed E-state index contributed by atoms with van der Waals surface area (Å²) in [6.07, 6.45) is 3.06. The highest BCUT2D eigenvalue weighted by molar-refractivity contribution is 5.86. The van der Waals surface area contributed by atoms with Gasteiger partial charge >= 0.3 is 0 Å². The fourth-order valence-electron chi connectivity index (χ4n) is 1.89. The van der Waals surface area contributed by atoms with Gasteiger partial charge in [0.25, 0.3) is 0 Å². The van der Waals surface area contributed by atoms with E-state index >= 15 is 0 Å². The highest BCUT2D eigenvalue weighted by atomic mass is 16.3. The van der Waals surface area contributed by atoms with Gasteiger partial charge in [-0.1, -0.05) is 19.4 Å². The van der Waals surface area contributed by atoms with Crippen LogP contribution in [0.2, 0.25) is 0 Å². The van der Waals surface area contributed by atoms with Gasteiger partial charge < -0.3 is 10.2 Å². The monoisotopic (exact) mass is 216 g/mol. The topological polar surface area (TPSA) is 40.5 Å². The van der Waals surface area contributed by atoms with Gasteiger partial charge in [0.2, 0.25) is 0 Å². The highest BCUT2D eigenvalue weighted by Crippen LogP contribution is 2.28. The zero-order valence-electron chi connectivity index (χ0n) is 9.40. The SMILES string of the molecule is CCCCc1cc2cc(O)ccc2cc1O. The standard InChI is InChI=1S/C14H16O2/c1-2-3-4-11-7-12-8-13(15)6-5-10(12)9-14(11)16/h5-9,15-16H,2-4H2,1H3. The first kappa shape index (κ1) is 10.8. The van der Waals surface area contributed by atoms with Gasteiger partial charge in [0.05, 0.1) is 0 Å². The molecule has 0 aliphatic carbocycles. The van der Waals surface area contributed by atoms with E-state index in [1.54, 1.807) is 18.2 Å².